The van der Waals surface area contributed by atoms with Gasteiger partial charge in [-0.3, -0.25) is 4.90 Å². The molecule has 0 fully saturated rings. The van der Waals surface area contributed by atoms with Crippen molar-refractivity contribution < 1.29 is 0 Å². The topological polar surface area (TPSA) is 15.3 Å². The van der Waals surface area contributed by atoms with Crippen molar-refractivity contribution in [3.63, 3.8) is 0 Å². The van der Waals surface area contributed by atoms with Gasteiger partial charge in [-0.25, -0.2) is 0 Å². The van der Waals surface area contributed by atoms with Crippen molar-refractivity contribution in [2.45, 2.75) is 40.3 Å². The molecule has 0 spiro atoms. The smallest absolute Gasteiger partial charge is 0.0237 e. The first kappa shape index (κ1) is 15.3. The summed E-state index contributed by atoms with van der Waals surface area (Å²) in [5.41, 5.74) is 4.71. The number of benzene rings is 1. The molecule has 0 amide bonds. The molecule has 0 saturated heterocycles. The van der Waals surface area contributed by atoms with E-state index >= 15 is 0 Å². The number of hydrogen-bond acceptors (Lipinski definition) is 2. The average Bonchev–Trinajstić information content (AvgIpc) is 2.41. The zero-order valence-corrected chi connectivity index (χ0v) is 13.4. The third-order valence-corrected chi connectivity index (χ3v) is 4.07. The van der Waals surface area contributed by atoms with Crippen molar-refractivity contribution in [1.82, 2.24) is 10.2 Å². The molecule has 1 heterocycles. The van der Waals surface area contributed by atoms with Crippen molar-refractivity contribution in [2.24, 2.45) is 5.41 Å². The Morgan fingerprint density at radius 3 is 2.25 bits per heavy atom. The second kappa shape index (κ2) is 6.55. The molecule has 1 N–H and O–H groups in total. The normalized spacial score (nSPS) is 17.1. The Morgan fingerprint density at radius 2 is 1.75 bits per heavy atom. The lowest BCUT2D eigenvalue weighted by Crippen LogP contribution is -2.30. The van der Waals surface area contributed by atoms with Gasteiger partial charge in [0.05, 0.1) is 0 Å². The SMILES string of the molecule is CNCc1ccc(CN2CC=C(C(C)(C)C)CC2)cc1. The van der Waals surface area contributed by atoms with E-state index in [4.69, 9.17) is 0 Å². The van der Waals surface area contributed by atoms with Gasteiger partial charge < -0.3 is 5.32 Å². The van der Waals surface area contributed by atoms with Crippen molar-refractivity contribution in [2.75, 3.05) is 20.1 Å². The average molecular weight is 272 g/mol. The van der Waals surface area contributed by atoms with E-state index in [1.54, 1.807) is 5.57 Å². The minimum Gasteiger partial charge on any atom is -0.316 e. The van der Waals surface area contributed by atoms with Crippen LogP contribution >= 0.6 is 0 Å². The highest BCUT2D eigenvalue weighted by molar-refractivity contribution is 5.23. The number of hydrogen-bond donors (Lipinski definition) is 1. The van der Waals surface area contributed by atoms with Crippen LogP contribution in [0, 0.1) is 5.41 Å². The van der Waals surface area contributed by atoms with Crippen LogP contribution in [0.5, 0.6) is 0 Å². The van der Waals surface area contributed by atoms with E-state index in [1.807, 2.05) is 7.05 Å². The van der Waals surface area contributed by atoms with E-state index in [2.05, 4.69) is 61.3 Å². The Hall–Kier alpha value is -1.12. The largest absolute Gasteiger partial charge is 0.316 e. The lowest BCUT2D eigenvalue weighted by Gasteiger charge is -2.32. The molecule has 0 aromatic heterocycles. The van der Waals surface area contributed by atoms with Gasteiger partial charge in [0.15, 0.2) is 0 Å². The first-order valence-electron chi connectivity index (χ1n) is 7.63. The molecule has 1 aliphatic rings. The molecule has 2 nitrogen and oxygen atoms in total. The molecule has 110 valence electrons. The van der Waals surface area contributed by atoms with Crippen molar-refractivity contribution >= 4 is 0 Å². The molecule has 0 saturated carbocycles. The van der Waals surface area contributed by atoms with E-state index in [1.165, 1.54) is 24.1 Å². The summed E-state index contributed by atoms with van der Waals surface area (Å²) in [6, 6.07) is 8.98. The summed E-state index contributed by atoms with van der Waals surface area (Å²) >= 11 is 0. The molecule has 1 aromatic carbocycles. The molecule has 0 bridgehead atoms. The highest BCUT2D eigenvalue weighted by Crippen LogP contribution is 2.30. The van der Waals surface area contributed by atoms with Crippen LogP contribution < -0.4 is 5.32 Å². The maximum absolute atomic E-state index is 3.19. The lowest BCUT2D eigenvalue weighted by molar-refractivity contribution is 0.271. The molecule has 0 radical (unpaired) electrons. The Bertz CT molecular complexity index is 451. The molecule has 0 aliphatic carbocycles. The van der Waals surface area contributed by atoms with E-state index in [0.717, 1.165) is 19.6 Å². The van der Waals surface area contributed by atoms with E-state index in [0.29, 0.717) is 5.41 Å². The van der Waals surface area contributed by atoms with Gasteiger partial charge in [0.25, 0.3) is 0 Å². The second-order valence-electron chi connectivity index (χ2n) is 6.81. The van der Waals surface area contributed by atoms with Crippen LogP contribution in [0.2, 0.25) is 0 Å². The summed E-state index contributed by atoms with van der Waals surface area (Å²) in [5, 5.41) is 3.19. The van der Waals surface area contributed by atoms with Gasteiger partial charge in [-0.05, 0) is 30.0 Å². The number of nitrogens with zero attached hydrogens (tertiary/aromatic N) is 1. The Morgan fingerprint density at radius 1 is 1.10 bits per heavy atom. The maximum Gasteiger partial charge on any atom is 0.0237 e. The summed E-state index contributed by atoms with van der Waals surface area (Å²) in [6.45, 7) is 11.2. The summed E-state index contributed by atoms with van der Waals surface area (Å²) in [4.78, 5) is 2.53. The van der Waals surface area contributed by atoms with E-state index < -0.39 is 0 Å². The molecule has 20 heavy (non-hydrogen) atoms. The van der Waals surface area contributed by atoms with Gasteiger partial charge in [-0.1, -0.05) is 56.7 Å². The first-order valence-corrected chi connectivity index (χ1v) is 7.63. The van der Waals surface area contributed by atoms with Crippen LogP contribution in [-0.4, -0.2) is 25.0 Å². The van der Waals surface area contributed by atoms with Gasteiger partial charge in [-0.2, -0.15) is 0 Å². The van der Waals surface area contributed by atoms with Crippen LogP contribution in [0.1, 0.15) is 38.3 Å². The molecule has 0 atom stereocenters. The lowest BCUT2D eigenvalue weighted by atomic mass is 9.83. The fourth-order valence-corrected chi connectivity index (χ4v) is 2.76. The Balaban J connectivity index is 1.91. The predicted molar refractivity (Wildman–Crippen MR) is 86.6 cm³/mol. The zero-order chi connectivity index (χ0) is 14.6. The summed E-state index contributed by atoms with van der Waals surface area (Å²) in [7, 11) is 1.99. The van der Waals surface area contributed by atoms with E-state index in [9.17, 15) is 0 Å². The molecule has 2 rings (SSSR count). The summed E-state index contributed by atoms with van der Waals surface area (Å²) in [5.74, 6) is 0. The van der Waals surface area contributed by atoms with Gasteiger partial charge in [0.2, 0.25) is 0 Å². The van der Waals surface area contributed by atoms with Crippen LogP contribution in [0.4, 0.5) is 0 Å². The number of nitrogens with one attached hydrogen (secondary N) is 1. The number of rotatable bonds is 4. The maximum atomic E-state index is 3.19. The van der Waals surface area contributed by atoms with Crippen molar-refractivity contribution in [3.8, 4) is 0 Å². The van der Waals surface area contributed by atoms with Gasteiger partial charge >= 0.3 is 0 Å². The van der Waals surface area contributed by atoms with Crippen LogP contribution in [0.3, 0.4) is 0 Å². The van der Waals surface area contributed by atoms with Gasteiger partial charge in [-0.15, -0.1) is 0 Å². The quantitative estimate of drug-likeness (QED) is 0.843. The summed E-state index contributed by atoms with van der Waals surface area (Å²) in [6.07, 6.45) is 3.64. The molecule has 2 heteroatoms. The molecule has 1 aliphatic heterocycles. The minimum absolute atomic E-state index is 0.334. The first-order chi connectivity index (χ1) is 9.49. The van der Waals surface area contributed by atoms with Gasteiger partial charge in [0.1, 0.15) is 0 Å². The summed E-state index contributed by atoms with van der Waals surface area (Å²) < 4.78 is 0. The van der Waals surface area contributed by atoms with Crippen LogP contribution in [-0.2, 0) is 13.1 Å². The van der Waals surface area contributed by atoms with Crippen molar-refractivity contribution in [3.05, 3.63) is 47.0 Å². The fraction of sp³-hybridized carbons (Fsp3) is 0.556. The third-order valence-electron chi connectivity index (χ3n) is 4.07. The Labute approximate surface area is 123 Å². The van der Waals surface area contributed by atoms with E-state index in [-0.39, 0.29) is 0 Å². The monoisotopic (exact) mass is 272 g/mol. The highest BCUT2D eigenvalue weighted by Gasteiger charge is 2.21. The minimum atomic E-state index is 0.334. The zero-order valence-electron chi connectivity index (χ0n) is 13.4. The Kier molecular flexibility index (Phi) is 5.00. The molecular formula is C18H28N2. The fourth-order valence-electron chi connectivity index (χ4n) is 2.76. The van der Waals surface area contributed by atoms with Gasteiger partial charge in [0, 0.05) is 26.2 Å². The standard InChI is InChI=1S/C18H28N2/c1-18(2,3)17-9-11-20(12-10-17)14-16-7-5-15(6-8-16)13-19-4/h5-9,19H,10-14H2,1-4H3. The molecule has 1 aromatic rings. The molecule has 0 unspecified atom stereocenters. The predicted octanol–water partition coefficient (Wildman–Crippen LogP) is 3.58. The van der Waals surface area contributed by atoms with Crippen LogP contribution in [0.15, 0.2) is 35.9 Å². The second-order valence-corrected chi connectivity index (χ2v) is 6.81. The van der Waals surface area contributed by atoms with Crippen LogP contribution in [0.25, 0.3) is 0 Å². The van der Waals surface area contributed by atoms with Crippen molar-refractivity contribution in [1.29, 1.82) is 0 Å². The highest BCUT2D eigenvalue weighted by atomic mass is 15.1. The third kappa shape index (κ3) is 4.19. The molecular weight excluding hydrogens is 244 g/mol.